The highest BCUT2D eigenvalue weighted by molar-refractivity contribution is 7.54. The van der Waals surface area contributed by atoms with Crippen LogP contribution in [0.1, 0.15) is 39.7 Å². The highest BCUT2D eigenvalue weighted by Gasteiger charge is 2.36. The van der Waals surface area contributed by atoms with Crippen molar-refractivity contribution in [1.82, 2.24) is 0 Å². The maximum atomic E-state index is 12.7. The Kier molecular flexibility index (Phi) is 6.90. The normalized spacial score (nSPS) is 13.9. The average Bonchev–Trinajstić information content (AvgIpc) is 2.35. The summed E-state index contributed by atoms with van der Waals surface area (Å²) in [6, 6.07) is 9.77. The second kappa shape index (κ2) is 7.94. The van der Waals surface area contributed by atoms with Gasteiger partial charge >= 0.3 is 7.60 Å². The average molecular weight is 300 g/mol. The third-order valence-corrected chi connectivity index (χ3v) is 5.03. The number of hydrogen-bond donors (Lipinski definition) is 1. The Bertz CT molecular complexity index is 417. The number of aliphatic hydroxyl groups is 1. The molecule has 1 aromatic rings. The first-order chi connectivity index (χ1) is 9.33. The molecule has 114 valence electrons. The number of aliphatic hydroxyl groups excluding tert-OH is 1. The lowest BCUT2D eigenvalue weighted by atomic mass is 10.1. The zero-order chi connectivity index (χ0) is 15.2. The Balaban J connectivity index is 2.68. The quantitative estimate of drug-likeness (QED) is 0.738. The lowest BCUT2D eigenvalue weighted by molar-refractivity contribution is 0.0983. The first-order valence-corrected chi connectivity index (χ1v) is 8.63. The van der Waals surface area contributed by atoms with Crippen molar-refractivity contribution in [2.45, 2.75) is 58.6 Å². The molecule has 4 nitrogen and oxygen atoms in total. The Morgan fingerprint density at radius 1 is 1.05 bits per heavy atom. The molecule has 20 heavy (non-hydrogen) atoms. The lowest BCUT2D eigenvalue weighted by Gasteiger charge is -2.26. The van der Waals surface area contributed by atoms with Gasteiger partial charge in [0, 0.05) is 0 Å². The monoisotopic (exact) mass is 300 g/mol. The molecule has 5 heteroatoms. The van der Waals surface area contributed by atoms with Gasteiger partial charge in [-0.1, -0.05) is 30.3 Å². The summed E-state index contributed by atoms with van der Waals surface area (Å²) < 4.78 is 23.4. The topological polar surface area (TPSA) is 55.8 Å². The smallest absolute Gasteiger partial charge is 0.359 e. The van der Waals surface area contributed by atoms with Gasteiger partial charge in [-0.15, -0.1) is 0 Å². The molecule has 0 saturated carbocycles. The molecular weight excluding hydrogens is 275 g/mol. The summed E-state index contributed by atoms with van der Waals surface area (Å²) in [5.41, 5.74) is 1.09. The molecule has 0 amide bonds. The van der Waals surface area contributed by atoms with Crippen LogP contribution < -0.4 is 0 Å². The van der Waals surface area contributed by atoms with Gasteiger partial charge in [0.05, 0.1) is 12.2 Å². The molecule has 0 unspecified atom stereocenters. The number of rotatable bonds is 8. The second-order valence-electron chi connectivity index (χ2n) is 5.35. The molecule has 0 heterocycles. The van der Waals surface area contributed by atoms with Gasteiger partial charge in [0.2, 0.25) is 0 Å². The Morgan fingerprint density at radius 3 is 2.00 bits per heavy atom. The molecule has 0 bridgehead atoms. The van der Waals surface area contributed by atoms with Crippen LogP contribution in [0.5, 0.6) is 0 Å². The fourth-order valence-corrected chi connectivity index (χ4v) is 3.80. The van der Waals surface area contributed by atoms with Crippen molar-refractivity contribution < 1.29 is 18.7 Å². The zero-order valence-corrected chi connectivity index (χ0v) is 13.5. The lowest BCUT2D eigenvalue weighted by Crippen LogP contribution is -2.18. The first-order valence-electron chi connectivity index (χ1n) is 7.02. The van der Waals surface area contributed by atoms with E-state index in [1.54, 1.807) is 27.7 Å². The van der Waals surface area contributed by atoms with E-state index in [1.165, 1.54) is 0 Å². The van der Waals surface area contributed by atoms with Crippen molar-refractivity contribution in [3.8, 4) is 0 Å². The van der Waals surface area contributed by atoms with Crippen molar-refractivity contribution >= 4 is 7.60 Å². The van der Waals surface area contributed by atoms with Gasteiger partial charge in [0.25, 0.3) is 0 Å². The molecule has 0 aromatic heterocycles. The van der Waals surface area contributed by atoms with Gasteiger partial charge in [-0.3, -0.25) is 4.57 Å². The third-order valence-electron chi connectivity index (χ3n) is 2.61. The van der Waals surface area contributed by atoms with E-state index in [0.29, 0.717) is 12.8 Å². The van der Waals surface area contributed by atoms with Crippen LogP contribution in [-0.2, 0) is 20.0 Å². The highest BCUT2D eigenvalue weighted by Crippen LogP contribution is 2.55. The van der Waals surface area contributed by atoms with Crippen LogP contribution in [0.15, 0.2) is 30.3 Å². The minimum Gasteiger partial charge on any atom is -0.380 e. The summed E-state index contributed by atoms with van der Waals surface area (Å²) in [6.07, 6.45) is 0.465. The zero-order valence-electron chi connectivity index (χ0n) is 12.7. The van der Waals surface area contributed by atoms with Crippen LogP contribution in [0.3, 0.4) is 0 Å². The van der Waals surface area contributed by atoms with Crippen molar-refractivity contribution in [3.63, 3.8) is 0 Å². The molecule has 0 aliphatic carbocycles. The predicted octanol–water partition coefficient (Wildman–Crippen LogP) is 3.98. The standard InChI is InChI=1S/C15H25O4P/c1-12(2)18-20(17,19-13(3)4)15(16)11-10-14-8-6-5-7-9-14/h5-9,12-13,15-16H,10-11H2,1-4H3/t15-/m1/s1. The van der Waals surface area contributed by atoms with Gasteiger partial charge in [0.15, 0.2) is 5.85 Å². The number of hydrogen-bond acceptors (Lipinski definition) is 4. The SMILES string of the molecule is CC(C)OP(=O)(OC(C)C)[C@@H](O)CCc1ccccc1. The molecule has 0 fully saturated rings. The van der Waals surface area contributed by atoms with E-state index in [1.807, 2.05) is 30.3 Å². The van der Waals surface area contributed by atoms with Crippen LogP contribution in [0.2, 0.25) is 0 Å². The Hall–Kier alpha value is -0.670. The fraction of sp³-hybridized carbons (Fsp3) is 0.600. The Labute approximate surface area is 121 Å². The van der Waals surface area contributed by atoms with E-state index in [9.17, 15) is 9.67 Å². The molecule has 0 radical (unpaired) electrons. The van der Waals surface area contributed by atoms with Crippen LogP contribution in [-0.4, -0.2) is 23.2 Å². The summed E-state index contributed by atoms with van der Waals surface area (Å²) in [5.74, 6) is -1.10. The van der Waals surface area contributed by atoms with Crippen molar-refractivity contribution in [1.29, 1.82) is 0 Å². The van der Waals surface area contributed by atoms with E-state index in [4.69, 9.17) is 9.05 Å². The first kappa shape index (κ1) is 17.4. The minimum absolute atomic E-state index is 0.258. The maximum Gasteiger partial charge on any atom is 0.359 e. The van der Waals surface area contributed by atoms with Gasteiger partial charge < -0.3 is 14.2 Å². The summed E-state index contributed by atoms with van der Waals surface area (Å²) in [6.45, 7) is 7.11. The van der Waals surface area contributed by atoms with E-state index in [2.05, 4.69) is 0 Å². The summed E-state index contributed by atoms with van der Waals surface area (Å²) >= 11 is 0. The van der Waals surface area contributed by atoms with Crippen molar-refractivity contribution in [3.05, 3.63) is 35.9 Å². The van der Waals surface area contributed by atoms with Crippen LogP contribution in [0, 0.1) is 0 Å². The van der Waals surface area contributed by atoms with Gasteiger partial charge in [-0.25, -0.2) is 0 Å². The molecule has 0 saturated heterocycles. The molecule has 1 N–H and O–H groups in total. The third kappa shape index (κ3) is 5.76. The molecular formula is C15H25O4P. The summed E-state index contributed by atoms with van der Waals surface area (Å²) in [5, 5.41) is 10.2. The predicted molar refractivity (Wildman–Crippen MR) is 80.8 cm³/mol. The Morgan fingerprint density at radius 2 is 1.55 bits per heavy atom. The minimum atomic E-state index is -3.50. The maximum absolute atomic E-state index is 12.7. The molecule has 0 aliphatic heterocycles. The van der Waals surface area contributed by atoms with Crippen molar-refractivity contribution in [2.24, 2.45) is 0 Å². The largest absolute Gasteiger partial charge is 0.380 e. The second-order valence-corrected chi connectivity index (χ2v) is 7.45. The van der Waals surface area contributed by atoms with Crippen LogP contribution in [0.25, 0.3) is 0 Å². The van der Waals surface area contributed by atoms with E-state index in [0.717, 1.165) is 5.56 Å². The summed E-state index contributed by atoms with van der Waals surface area (Å²) in [7, 11) is -3.50. The van der Waals surface area contributed by atoms with E-state index < -0.39 is 13.4 Å². The number of benzene rings is 1. The van der Waals surface area contributed by atoms with Crippen molar-refractivity contribution in [2.75, 3.05) is 0 Å². The van der Waals surface area contributed by atoms with Crippen LogP contribution >= 0.6 is 7.60 Å². The van der Waals surface area contributed by atoms with Gasteiger partial charge in [-0.05, 0) is 46.1 Å². The molecule has 0 spiro atoms. The van der Waals surface area contributed by atoms with E-state index in [-0.39, 0.29) is 12.2 Å². The fourth-order valence-electron chi connectivity index (χ4n) is 1.85. The summed E-state index contributed by atoms with van der Waals surface area (Å²) in [4.78, 5) is 0. The highest BCUT2D eigenvalue weighted by atomic mass is 31.2. The molecule has 0 aliphatic rings. The van der Waals surface area contributed by atoms with Crippen LogP contribution in [0.4, 0.5) is 0 Å². The van der Waals surface area contributed by atoms with Gasteiger partial charge in [-0.2, -0.15) is 0 Å². The number of aryl methyl sites for hydroxylation is 1. The molecule has 1 atom stereocenters. The van der Waals surface area contributed by atoms with E-state index >= 15 is 0 Å². The molecule has 1 rings (SSSR count). The molecule has 1 aromatic carbocycles. The van der Waals surface area contributed by atoms with Gasteiger partial charge in [0.1, 0.15) is 0 Å².